The number of nitrogens with zero attached hydrogens (tertiary/aromatic N) is 3. The molecule has 0 spiro atoms. The molecule has 0 aliphatic carbocycles. The van der Waals surface area contributed by atoms with Gasteiger partial charge in [0.15, 0.2) is 0 Å². The first-order chi connectivity index (χ1) is 17.8. The van der Waals surface area contributed by atoms with Crippen LogP contribution in [0, 0.1) is 12.8 Å². The molecule has 7 nitrogen and oxygen atoms in total. The van der Waals surface area contributed by atoms with E-state index in [-0.39, 0.29) is 24.3 Å². The summed E-state index contributed by atoms with van der Waals surface area (Å²) in [6.07, 6.45) is 0. The lowest BCUT2D eigenvalue weighted by molar-refractivity contribution is -0.117. The Morgan fingerprint density at radius 2 is 1.65 bits per heavy atom. The number of aromatic nitrogens is 2. The van der Waals surface area contributed by atoms with Crippen molar-refractivity contribution in [1.82, 2.24) is 14.7 Å². The summed E-state index contributed by atoms with van der Waals surface area (Å²) in [6.45, 7) is 6.43. The lowest BCUT2D eigenvalue weighted by Crippen LogP contribution is -2.40. The molecular formula is C30H32N4O3. The second-order valence-corrected chi connectivity index (χ2v) is 9.38. The number of carbonyl (C=O) groups excluding carboxylic acids is 2. The summed E-state index contributed by atoms with van der Waals surface area (Å²) in [5.74, 6) is 0.897. The molecule has 2 amide bonds. The smallest absolute Gasteiger partial charge is 0.254 e. The first kappa shape index (κ1) is 25.7. The van der Waals surface area contributed by atoms with Crippen LogP contribution in [0.3, 0.4) is 0 Å². The van der Waals surface area contributed by atoms with Gasteiger partial charge < -0.3 is 15.0 Å². The molecule has 1 aromatic heterocycles. The maximum absolute atomic E-state index is 13.3. The van der Waals surface area contributed by atoms with Gasteiger partial charge in [0, 0.05) is 23.7 Å². The molecular weight excluding hydrogens is 464 g/mol. The molecule has 3 aromatic carbocycles. The van der Waals surface area contributed by atoms with Gasteiger partial charge in [0.1, 0.15) is 18.1 Å². The van der Waals surface area contributed by atoms with Gasteiger partial charge in [0.2, 0.25) is 5.91 Å². The van der Waals surface area contributed by atoms with Crippen LogP contribution in [0.2, 0.25) is 0 Å². The molecule has 190 valence electrons. The molecule has 0 saturated heterocycles. The Morgan fingerprint density at radius 3 is 2.27 bits per heavy atom. The quantitative estimate of drug-likeness (QED) is 0.328. The Kier molecular flexibility index (Phi) is 8.03. The van der Waals surface area contributed by atoms with E-state index in [2.05, 4.69) is 5.32 Å². The van der Waals surface area contributed by atoms with Gasteiger partial charge in [0.05, 0.1) is 18.5 Å². The Hall–Kier alpha value is -4.39. The Balaban J connectivity index is 1.59. The molecule has 4 rings (SSSR count). The van der Waals surface area contributed by atoms with Crippen molar-refractivity contribution in [2.75, 3.05) is 25.5 Å². The van der Waals surface area contributed by atoms with E-state index in [9.17, 15) is 9.59 Å². The van der Waals surface area contributed by atoms with Gasteiger partial charge in [-0.1, -0.05) is 61.9 Å². The van der Waals surface area contributed by atoms with Gasteiger partial charge in [0.25, 0.3) is 5.91 Å². The minimum Gasteiger partial charge on any atom is -0.497 e. The fourth-order valence-corrected chi connectivity index (χ4v) is 4.03. The van der Waals surface area contributed by atoms with Crippen LogP contribution < -0.4 is 10.1 Å². The van der Waals surface area contributed by atoms with Crippen LogP contribution in [-0.4, -0.2) is 46.7 Å². The minimum atomic E-state index is -0.296. The Bertz CT molecular complexity index is 1340. The second kappa shape index (κ2) is 11.6. The number of anilines is 1. The summed E-state index contributed by atoms with van der Waals surface area (Å²) in [5.41, 5.74) is 4.15. The topological polar surface area (TPSA) is 76.5 Å². The summed E-state index contributed by atoms with van der Waals surface area (Å²) < 4.78 is 6.92. The van der Waals surface area contributed by atoms with Gasteiger partial charge >= 0.3 is 0 Å². The van der Waals surface area contributed by atoms with Gasteiger partial charge in [-0.05, 0) is 49.2 Å². The molecule has 37 heavy (non-hydrogen) atoms. The van der Waals surface area contributed by atoms with Gasteiger partial charge in [-0.25, -0.2) is 4.68 Å². The van der Waals surface area contributed by atoms with Crippen molar-refractivity contribution in [2.45, 2.75) is 20.8 Å². The lowest BCUT2D eigenvalue weighted by Gasteiger charge is -2.24. The van der Waals surface area contributed by atoms with E-state index in [1.807, 2.05) is 81.4 Å². The molecule has 0 bridgehead atoms. The SMILES string of the molecule is COc1ccc(C(=O)N(CC(=O)Nc2cc(-c3ccccc3)nn2-c2ccc(C)cc2)CC(C)C)cc1. The molecule has 4 aromatic rings. The summed E-state index contributed by atoms with van der Waals surface area (Å²) in [7, 11) is 1.58. The third-order valence-electron chi connectivity index (χ3n) is 5.87. The molecule has 0 aliphatic rings. The van der Waals surface area contributed by atoms with E-state index in [0.29, 0.717) is 23.7 Å². The Morgan fingerprint density at radius 1 is 0.973 bits per heavy atom. The first-order valence-corrected chi connectivity index (χ1v) is 12.3. The van der Waals surface area contributed by atoms with E-state index in [1.54, 1.807) is 41.0 Å². The highest BCUT2D eigenvalue weighted by Crippen LogP contribution is 2.25. The number of ether oxygens (including phenoxy) is 1. The number of rotatable bonds is 9. The van der Waals surface area contributed by atoms with Crippen LogP contribution in [0.4, 0.5) is 5.82 Å². The molecule has 7 heteroatoms. The highest BCUT2D eigenvalue weighted by Gasteiger charge is 2.22. The second-order valence-electron chi connectivity index (χ2n) is 9.38. The van der Waals surface area contributed by atoms with Crippen molar-refractivity contribution in [2.24, 2.45) is 5.92 Å². The molecule has 1 heterocycles. The minimum absolute atomic E-state index is 0.0806. The van der Waals surface area contributed by atoms with Crippen molar-refractivity contribution in [3.8, 4) is 22.7 Å². The molecule has 0 radical (unpaired) electrons. The summed E-state index contributed by atoms with van der Waals surface area (Å²) in [4.78, 5) is 28.1. The predicted molar refractivity (Wildman–Crippen MR) is 146 cm³/mol. The highest BCUT2D eigenvalue weighted by molar-refractivity contribution is 5.99. The average Bonchev–Trinajstić information content (AvgIpc) is 3.32. The molecule has 0 atom stereocenters. The van der Waals surface area contributed by atoms with Crippen LogP contribution in [0.15, 0.2) is 84.9 Å². The third kappa shape index (κ3) is 6.44. The van der Waals surface area contributed by atoms with Crippen LogP contribution in [0.5, 0.6) is 5.75 Å². The van der Waals surface area contributed by atoms with E-state index >= 15 is 0 Å². The number of hydrogen-bond acceptors (Lipinski definition) is 4. The van der Waals surface area contributed by atoms with Crippen LogP contribution in [0.1, 0.15) is 29.8 Å². The molecule has 0 fully saturated rings. The van der Waals surface area contributed by atoms with Crippen molar-refractivity contribution in [3.63, 3.8) is 0 Å². The van der Waals surface area contributed by atoms with Gasteiger partial charge in [-0.15, -0.1) is 0 Å². The van der Waals surface area contributed by atoms with Crippen molar-refractivity contribution >= 4 is 17.6 Å². The monoisotopic (exact) mass is 496 g/mol. The summed E-state index contributed by atoms with van der Waals surface area (Å²) in [5, 5.41) is 7.76. The zero-order valence-corrected chi connectivity index (χ0v) is 21.6. The number of methoxy groups -OCH3 is 1. The number of hydrogen-bond donors (Lipinski definition) is 1. The average molecular weight is 497 g/mol. The maximum atomic E-state index is 13.3. The maximum Gasteiger partial charge on any atom is 0.254 e. The summed E-state index contributed by atoms with van der Waals surface area (Å²) >= 11 is 0. The third-order valence-corrected chi connectivity index (χ3v) is 5.87. The van der Waals surface area contributed by atoms with E-state index in [4.69, 9.17) is 9.84 Å². The number of carbonyl (C=O) groups is 2. The van der Waals surface area contributed by atoms with Crippen molar-refractivity contribution in [3.05, 3.63) is 96.1 Å². The molecule has 1 N–H and O–H groups in total. The molecule has 0 saturated carbocycles. The van der Waals surface area contributed by atoms with Crippen LogP contribution in [-0.2, 0) is 4.79 Å². The normalized spacial score (nSPS) is 10.8. The molecule has 0 unspecified atom stereocenters. The number of benzene rings is 3. The van der Waals surface area contributed by atoms with Gasteiger partial charge in [-0.3, -0.25) is 9.59 Å². The highest BCUT2D eigenvalue weighted by atomic mass is 16.5. The van der Waals surface area contributed by atoms with Gasteiger partial charge in [-0.2, -0.15) is 5.10 Å². The zero-order chi connectivity index (χ0) is 26.4. The Labute approximate surface area is 217 Å². The zero-order valence-electron chi connectivity index (χ0n) is 21.6. The number of aryl methyl sites for hydroxylation is 1. The van der Waals surface area contributed by atoms with Crippen LogP contribution >= 0.6 is 0 Å². The fourth-order valence-electron chi connectivity index (χ4n) is 4.03. The predicted octanol–water partition coefficient (Wildman–Crippen LogP) is 5.59. The van der Waals surface area contributed by atoms with Crippen LogP contribution in [0.25, 0.3) is 16.9 Å². The van der Waals surface area contributed by atoms with Crippen molar-refractivity contribution in [1.29, 1.82) is 0 Å². The van der Waals surface area contributed by atoms with E-state index < -0.39 is 0 Å². The fraction of sp³-hybridized carbons (Fsp3) is 0.233. The van der Waals surface area contributed by atoms with Crippen molar-refractivity contribution < 1.29 is 14.3 Å². The standard InChI is InChI=1S/C30H32N4O3/c1-21(2)19-33(30(36)24-12-16-26(37-4)17-13-24)20-29(35)31-28-18-27(23-8-6-5-7-9-23)32-34(28)25-14-10-22(3)11-15-25/h5-18,21H,19-20H2,1-4H3,(H,31,35). The van der Waals surface area contributed by atoms with E-state index in [0.717, 1.165) is 22.5 Å². The number of nitrogens with one attached hydrogen (secondary N) is 1. The first-order valence-electron chi connectivity index (χ1n) is 12.3. The largest absolute Gasteiger partial charge is 0.497 e. The lowest BCUT2D eigenvalue weighted by atomic mass is 10.1. The number of amides is 2. The summed E-state index contributed by atoms with van der Waals surface area (Å²) in [6, 6.07) is 26.5. The van der Waals surface area contributed by atoms with E-state index in [1.165, 1.54) is 0 Å². The molecule has 0 aliphatic heterocycles.